The summed E-state index contributed by atoms with van der Waals surface area (Å²) < 4.78 is 0. The van der Waals surface area contributed by atoms with Crippen molar-refractivity contribution in [1.82, 2.24) is 4.90 Å². The zero-order valence-corrected chi connectivity index (χ0v) is 15.3. The molecule has 3 aromatic rings. The molecule has 0 saturated carbocycles. The number of nitrogens with two attached hydrogens (primary N) is 1. The highest BCUT2D eigenvalue weighted by atomic mass is 32.1. The molecule has 6 heteroatoms. The molecule has 0 radical (unpaired) electrons. The number of aliphatic hydroxyl groups excluding tert-OH is 1. The maximum absolute atomic E-state index is 12.9. The van der Waals surface area contributed by atoms with Crippen LogP contribution in [0.1, 0.15) is 36.7 Å². The summed E-state index contributed by atoms with van der Waals surface area (Å²) in [6, 6.07) is 15.0. The van der Waals surface area contributed by atoms with E-state index in [0.717, 1.165) is 27.8 Å². The van der Waals surface area contributed by atoms with Gasteiger partial charge in [-0.15, -0.1) is 11.3 Å². The predicted molar refractivity (Wildman–Crippen MR) is 104 cm³/mol. The van der Waals surface area contributed by atoms with Crippen LogP contribution in [0.15, 0.2) is 53.9 Å². The number of carbonyl (C=O) groups is 2. The monoisotopic (exact) mass is 378 g/mol. The van der Waals surface area contributed by atoms with Crippen LogP contribution in [-0.4, -0.2) is 21.8 Å². The van der Waals surface area contributed by atoms with Crippen LogP contribution in [0.25, 0.3) is 11.1 Å². The van der Waals surface area contributed by atoms with Crippen molar-refractivity contribution in [1.29, 1.82) is 0 Å². The molecule has 1 aromatic heterocycles. The number of primary amides is 1. The number of hydrogen-bond donors (Lipinski definition) is 2. The summed E-state index contributed by atoms with van der Waals surface area (Å²) in [5.74, 6) is -0.489. The minimum absolute atomic E-state index is 0.0276. The lowest BCUT2D eigenvalue weighted by molar-refractivity contribution is 0.0766. The number of nitrogens with zero attached hydrogens (tertiary/aromatic N) is 1. The fourth-order valence-corrected chi connectivity index (χ4v) is 4.29. The molecule has 1 aliphatic heterocycles. The van der Waals surface area contributed by atoms with Gasteiger partial charge in [0.15, 0.2) is 0 Å². The van der Waals surface area contributed by atoms with Gasteiger partial charge in [0, 0.05) is 24.2 Å². The molecule has 2 heterocycles. The second-order valence-corrected chi connectivity index (χ2v) is 7.41. The van der Waals surface area contributed by atoms with E-state index in [0.29, 0.717) is 23.5 Å². The van der Waals surface area contributed by atoms with Crippen LogP contribution in [0, 0.1) is 0 Å². The minimum atomic E-state index is -0.459. The Kier molecular flexibility index (Phi) is 4.51. The zero-order valence-electron chi connectivity index (χ0n) is 14.5. The molecule has 1 aliphatic rings. The van der Waals surface area contributed by atoms with E-state index in [4.69, 9.17) is 5.73 Å². The van der Waals surface area contributed by atoms with E-state index in [1.54, 1.807) is 4.90 Å². The summed E-state index contributed by atoms with van der Waals surface area (Å²) in [5.41, 5.74) is 10.5. The van der Waals surface area contributed by atoms with Crippen molar-refractivity contribution in [2.75, 3.05) is 0 Å². The molecule has 136 valence electrons. The Balaban J connectivity index is 1.68. The van der Waals surface area contributed by atoms with Crippen molar-refractivity contribution < 1.29 is 14.7 Å². The molecule has 0 fully saturated rings. The van der Waals surface area contributed by atoms with Crippen LogP contribution in [0.2, 0.25) is 0 Å². The highest BCUT2D eigenvalue weighted by Crippen LogP contribution is 2.36. The van der Waals surface area contributed by atoms with Gasteiger partial charge in [0.1, 0.15) is 0 Å². The van der Waals surface area contributed by atoms with Gasteiger partial charge in [0.25, 0.3) is 11.8 Å². The molecule has 4 rings (SSSR count). The standard InChI is InChI=1S/C21H18N2O3S/c22-20(25)19-16(7-8-27-19)15-5-2-6-17-18(15)11-23(21(17)26)10-13-3-1-4-14(9-13)12-24/h1-9,24H,10-12H2,(H2,22,25). The van der Waals surface area contributed by atoms with Gasteiger partial charge in [-0.1, -0.05) is 36.4 Å². The van der Waals surface area contributed by atoms with Crippen LogP contribution in [0.5, 0.6) is 0 Å². The molecular weight excluding hydrogens is 360 g/mol. The van der Waals surface area contributed by atoms with Crippen LogP contribution >= 0.6 is 11.3 Å². The van der Waals surface area contributed by atoms with E-state index in [2.05, 4.69) is 0 Å². The first-order valence-corrected chi connectivity index (χ1v) is 9.44. The third kappa shape index (κ3) is 3.13. The highest BCUT2D eigenvalue weighted by Gasteiger charge is 2.30. The fourth-order valence-electron chi connectivity index (χ4n) is 3.53. The maximum atomic E-state index is 12.9. The third-order valence-electron chi connectivity index (χ3n) is 4.77. The smallest absolute Gasteiger partial charge is 0.259 e. The normalized spacial score (nSPS) is 13.1. The lowest BCUT2D eigenvalue weighted by atomic mass is 9.97. The number of amides is 2. The van der Waals surface area contributed by atoms with Crippen molar-refractivity contribution in [2.45, 2.75) is 19.7 Å². The average Bonchev–Trinajstić information content (AvgIpc) is 3.28. The molecule has 0 bridgehead atoms. The fraction of sp³-hybridized carbons (Fsp3) is 0.143. The van der Waals surface area contributed by atoms with Crippen LogP contribution in [0.3, 0.4) is 0 Å². The number of hydrogen-bond acceptors (Lipinski definition) is 4. The number of aliphatic hydroxyl groups is 1. The highest BCUT2D eigenvalue weighted by molar-refractivity contribution is 7.12. The summed E-state index contributed by atoms with van der Waals surface area (Å²) >= 11 is 1.31. The summed E-state index contributed by atoms with van der Waals surface area (Å²) in [6.45, 7) is 0.912. The van der Waals surface area contributed by atoms with Crippen LogP contribution in [0.4, 0.5) is 0 Å². The van der Waals surface area contributed by atoms with Gasteiger partial charge < -0.3 is 15.7 Å². The molecule has 2 aromatic carbocycles. The summed E-state index contributed by atoms with van der Waals surface area (Å²) in [6.07, 6.45) is 0. The summed E-state index contributed by atoms with van der Waals surface area (Å²) in [5, 5.41) is 11.1. The second-order valence-electron chi connectivity index (χ2n) is 6.50. The Bertz CT molecular complexity index is 1040. The maximum Gasteiger partial charge on any atom is 0.259 e. The Morgan fingerprint density at radius 2 is 1.81 bits per heavy atom. The van der Waals surface area contributed by atoms with Crippen molar-refractivity contribution in [2.24, 2.45) is 5.73 Å². The molecule has 0 spiro atoms. The largest absolute Gasteiger partial charge is 0.392 e. The SMILES string of the molecule is NC(=O)c1sccc1-c1cccc2c1CN(Cc1cccc(CO)c1)C2=O. The predicted octanol–water partition coefficient (Wildman–Crippen LogP) is 3.16. The number of thiophene rings is 1. The molecule has 0 saturated heterocycles. The van der Waals surface area contributed by atoms with E-state index >= 15 is 0 Å². The van der Waals surface area contributed by atoms with E-state index in [1.807, 2.05) is 53.9 Å². The first kappa shape index (κ1) is 17.5. The van der Waals surface area contributed by atoms with Crippen molar-refractivity contribution in [3.05, 3.63) is 81.0 Å². The van der Waals surface area contributed by atoms with Gasteiger partial charge >= 0.3 is 0 Å². The van der Waals surface area contributed by atoms with E-state index in [-0.39, 0.29) is 12.5 Å². The minimum Gasteiger partial charge on any atom is -0.392 e. The number of benzene rings is 2. The summed E-state index contributed by atoms with van der Waals surface area (Å²) in [7, 11) is 0. The Morgan fingerprint density at radius 1 is 1.07 bits per heavy atom. The second kappa shape index (κ2) is 6.98. The van der Waals surface area contributed by atoms with Crippen molar-refractivity contribution >= 4 is 23.2 Å². The first-order valence-electron chi connectivity index (χ1n) is 8.56. The van der Waals surface area contributed by atoms with Crippen molar-refractivity contribution in [3.63, 3.8) is 0 Å². The molecule has 0 aliphatic carbocycles. The number of fused-ring (bicyclic) bond motifs is 1. The number of rotatable bonds is 5. The quantitative estimate of drug-likeness (QED) is 0.715. The Morgan fingerprint density at radius 3 is 2.59 bits per heavy atom. The van der Waals surface area contributed by atoms with Gasteiger partial charge in [0.05, 0.1) is 11.5 Å². The van der Waals surface area contributed by atoms with E-state index in [9.17, 15) is 14.7 Å². The molecule has 0 unspecified atom stereocenters. The average molecular weight is 378 g/mol. The number of carbonyl (C=O) groups excluding carboxylic acids is 2. The van der Waals surface area contributed by atoms with E-state index < -0.39 is 5.91 Å². The van der Waals surface area contributed by atoms with Crippen LogP contribution < -0.4 is 5.73 Å². The van der Waals surface area contributed by atoms with E-state index in [1.165, 1.54) is 11.3 Å². The summed E-state index contributed by atoms with van der Waals surface area (Å²) in [4.78, 5) is 26.9. The van der Waals surface area contributed by atoms with Crippen molar-refractivity contribution in [3.8, 4) is 11.1 Å². The topological polar surface area (TPSA) is 83.6 Å². The Labute approximate surface area is 160 Å². The molecule has 3 N–H and O–H groups in total. The molecule has 2 amide bonds. The van der Waals surface area contributed by atoms with Gasteiger partial charge in [-0.3, -0.25) is 9.59 Å². The molecule has 5 nitrogen and oxygen atoms in total. The molecule has 27 heavy (non-hydrogen) atoms. The zero-order chi connectivity index (χ0) is 19.0. The lowest BCUT2D eigenvalue weighted by Crippen LogP contribution is -2.23. The lowest BCUT2D eigenvalue weighted by Gasteiger charge is -2.16. The first-order chi connectivity index (χ1) is 13.1. The third-order valence-corrected chi connectivity index (χ3v) is 5.70. The molecule has 0 atom stereocenters. The van der Waals surface area contributed by atoms with Crippen LogP contribution in [-0.2, 0) is 19.7 Å². The molecular formula is C21H18N2O3S. The van der Waals surface area contributed by atoms with Gasteiger partial charge in [0.2, 0.25) is 0 Å². The van der Waals surface area contributed by atoms with Gasteiger partial charge in [-0.05, 0) is 39.8 Å². The Hall–Kier alpha value is -2.96. The van der Waals surface area contributed by atoms with Gasteiger partial charge in [-0.2, -0.15) is 0 Å². The van der Waals surface area contributed by atoms with Gasteiger partial charge in [-0.25, -0.2) is 0 Å².